The number of aromatic amines is 1. The summed E-state index contributed by atoms with van der Waals surface area (Å²) >= 11 is 0. The molecule has 0 saturated carbocycles. The molecule has 0 bridgehead atoms. The van der Waals surface area contributed by atoms with Crippen LogP contribution in [0.15, 0.2) is 46.1 Å². The maximum absolute atomic E-state index is 12.2. The molecule has 2 aromatic heterocycles. The monoisotopic (exact) mass is 408 g/mol. The van der Waals surface area contributed by atoms with Crippen molar-refractivity contribution in [2.24, 2.45) is 7.05 Å². The van der Waals surface area contributed by atoms with Gasteiger partial charge in [-0.2, -0.15) is 0 Å². The average Bonchev–Trinajstić information content (AvgIpc) is 2.77. The first-order valence-electron chi connectivity index (χ1n) is 9.83. The van der Waals surface area contributed by atoms with Gasteiger partial charge in [0, 0.05) is 46.8 Å². The van der Waals surface area contributed by atoms with Crippen LogP contribution in [0.3, 0.4) is 0 Å². The summed E-state index contributed by atoms with van der Waals surface area (Å²) in [6.07, 6.45) is 1.74. The number of pyridine rings is 1. The van der Waals surface area contributed by atoms with Crippen molar-refractivity contribution in [2.75, 3.05) is 38.1 Å². The molecule has 0 atom stereocenters. The molecule has 9 heteroatoms. The summed E-state index contributed by atoms with van der Waals surface area (Å²) in [7, 11) is 3.06. The Kier molecular flexibility index (Phi) is 5.37. The summed E-state index contributed by atoms with van der Waals surface area (Å²) in [4.78, 5) is 47.3. The van der Waals surface area contributed by atoms with E-state index in [1.54, 1.807) is 25.4 Å². The fourth-order valence-corrected chi connectivity index (χ4v) is 3.71. The van der Waals surface area contributed by atoms with E-state index < -0.39 is 5.69 Å². The molecule has 1 aliphatic heterocycles. The molecule has 4 rings (SSSR count). The number of hydrogen-bond acceptors (Lipinski definition) is 6. The highest BCUT2D eigenvalue weighted by Crippen LogP contribution is 2.18. The van der Waals surface area contributed by atoms with Crippen LogP contribution in [0.2, 0.25) is 0 Å². The third-order valence-corrected chi connectivity index (χ3v) is 5.52. The van der Waals surface area contributed by atoms with Gasteiger partial charge in [0.25, 0.3) is 11.5 Å². The second-order valence-corrected chi connectivity index (χ2v) is 7.42. The van der Waals surface area contributed by atoms with E-state index in [1.165, 1.54) is 7.05 Å². The van der Waals surface area contributed by atoms with Crippen LogP contribution in [0.25, 0.3) is 10.9 Å². The zero-order chi connectivity index (χ0) is 21.3. The number of nitrogens with one attached hydrogen (secondary N) is 2. The Bertz CT molecular complexity index is 1190. The number of rotatable bonds is 4. The molecule has 3 heterocycles. The molecule has 156 valence electrons. The van der Waals surface area contributed by atoms with Crippen molar-refractivity contribution >= 4 is 22.5 Å². The lowest BCUT2D eigenvalue weighted by molar-refractivity contribution is 0.0958. The minimum Gasteiger partial charge on any atom is -0.368 e. The van der Waals surface area contributed by atoms with Gasteiger partial charge in [-0.1, -0.05) is 6.07 Å². The highest BCUT2D eigenvalue weighted by Gasteiger charge is 2.18. The predicted octanol–water partition coefficient (Wildman–Crippen LogP) is 0.304. The summed E-state index contributed by atoms with van der Waals surface area (Å²) in [5, 5.41) is 3.08. The Balaban J connectivity index is 1.41. The number of amides is 1. The minimum atomic E-state index is -0.408. The Morgan fingerprint density at radius 2 is 1.90 bits per heavy atom. The van der Waals surface area contributed by atoms with Crippen LogP contribution in [-0.2, 0) is 13.6 Å². The van der Waals surface area contributed by atoms with E-state index in [-0.39, 0.29) is 11.5 Å². The lowest BCUT2D eigenvalue weighted by atomic mass is 10.1. The Hall–Kier alpha value is -3.46. The molecule has 2 N–H and O–H groups in total. The number of fused-ring (bicyclic) bond motifs is 1. The fraction of sp³-hybridized carbons (Fsp3) is 0.333. The summed E-state index contributed by atoms with van der Waals surface area (Å²) in [6, 6.07) is 9.26. The average molecular weight is 408 g/mol. The molecular formula is C21H24N6O3. The molecular weight excluding hydrogens is 384 g/mol. The molecule has 1 fully saturated rings. The summed E-state index contributed by atoms with van der Waals surface area (Å²) in [5.41, 5.74) is 2.34. The van der Waals surface area contributed by atoms with Crippen LogP contribution in [0.1, 0.15) is 16.1 Å². The highest BCUT2D eigenvalue weighted by atomic mass is 16.2. The Morgan fingerprint density at radius 1 is 1.13 bits per heavy atom. The van der Waals surface area contributed by atoms with Gasteiger partial charge in [-0.25, -0.2) is 9.78 Å². The first-order chi connectivity index (χ1) is 14.5. The third kappa shape index (κ3) is 3.84. The van der Waals surface area contributed by atoms with Crippen molar-refractivity contribution in [3.63, 3.8) is 0 Å². The Morgan fingerprint density at radius 3 is 2.57 bits per heavy atom. The van der Waals surface area contributed by atoms with Gasteiger partial charge in [-0.3, -0.25) is 19.1 Å². The quantitative estimate of drug-likeness (QED) is 0.644. The lowest BCUT2D eigenvalue weighted by Gasteiger charge is -2.36. The number of carbonyl (C=O) groups excluding carboxylic acids is 1. The molecule has 0 radical (unpaired) electrons. The SMILES string of the molecule is CNC(=O)c1ccc(N2CCN(Cc3ccc4c(=O)n(C)c(=O)[nH]c4c3)CC2)cn1. The smallest absolute Gasteiger partial charge is 0.328 e. The number of H-pyrrole nitrogens is 1. The number of anilines is 1. The van der Waals surface area contributed by atoms with E-state index in [4.69, 9.17) is 0 Å². The molecule has 0 unspecified atom stereocenters. The van der Waals surface area contributed by atoms with Crippen LogP contribution in [-0.4, -0.2) is 58.6 Å². The van der Waals surface area contributed by atoms with Crippen molar-refractivity contribution in [1.29, 1.82) is 0 Å². The topological polar surface area (TPSA) is 103 Å². The van der Waals surface area contributed by atoms with Gasteiger partial charge in [0.2, 0.25) is 0 Å². The van der Waals surface area contributed by atoms with Crippen LogP contribution >= 0.6 is 0 Å². The maximum atomic E-state index is 12.2. The number of benzene rings is 1. The summed E-state index contributed by atoms with van der Waals surface area (Å²) in [5.74, 6) is -0.194. The first kappa shape index (κ1) is 19.8. The summed E-state index contributed by atoms with van der Waals surface area (Å²) < 4.78 is 1.08. The number of nitrogens with zero attached hydrogens (tertiary/aromatic N) is 4. The standard InChI is InChI=1S/C21H24N6O3/c1-22-19(28)17-6-4-15(12-23-17)27-9-7-26(8-10-27)13-14-3-5-16-18(11-14)24-21(30)25(2)20(16)29/h3-6,11-12H,7-10,13H2,1-2H3,(H,22,28)(H,24,30). The second kappa shape index (κ2) is 8.11. The molecule has 1 aromatic carbocycles. The van der Waals surface area contributed by atoms with Gasteiger partial charge in [-0.15, -0.1) is 0 Å². The van der Waals surface area contributed by atoms with E-state index in [9.17, 15) is 14.4 Å². The van der Waals surface area contributed by atoms with Gasteiger partial charge in [0.15, 0.2) is 0 Å². The number of carbonyl (C=O) groups is 1. The lowest BCUT2D eigenvalue weighted by Crippen LogP contribution is -2.46. The number of aromatic nitrogens is 3. The maximum Gasteiger partial charge on any atom is 0.328 e. The van der Waals surface area contributed by atoms with Crippen LogP contribution in [0.4, 0.5) is 5.69 Å². The predicted molar refractivity (Wildman–Crippen MR) is 115 cm³/mol. The van der Waals surface area contributed by atoms with Crippen molar-refractivity contribution in [2.45, 2.75) is 6.54 Å². The van der Waals surface area contributed by atoms with Gasteiger partial charge >= 0.3 is 5.69 Å². The van der Waals surface area contributed by atoms with Crippen molar-refractivity contribution in [3.05, 3.63) is 68.6 Å². The van der Waals surface area contributed by atoms with E-state index in [2.05, 4.69) is 25.1 Å². The second-order valence-electron chi connectivity index (χ2n) is 7.42. The zero-order valence-corrected chi connectivity index (χ0v) is 17.0. The van der Waals surface area contributed by atoms with Crippen molar-refractivity contribution in [1.82, 2.24) is 24.8 Å². The van der Waals surface area contributed by atoms with E-state index >= 15 is 0 Å². The largest absolute Gasteiger partial charge is 0.368 e. The minimum absolute atomic E-state index is 0.194. The third-order valence-electron chi connectivity index (χ3n) is 5.52. The molecule has 3 aromatic rings. The van der Waals surface area contributed by atoms with Gasteiger partial charge in [0.1, 0.15) is 5.69 Å². The molecule has 1 amide bonds. The van der Waals surface area contributed by atoms with Crippen molar-refractivity contribution in [3.8, 4) is 0 Å². The number of hydrogen-bond donors (Lipinski definition) is 2. The van der Waals surface area contributed by atoms with Crippen molar-refractivity contribution < 1.29 is 4.79 Å². The molecule has 1 aliphatic rings. The molecule has 30 heavy (non-hydrogen) atoms. The van der Waals surface area contributed by atoms with Gasteiger partial charge in [-0.05, 0) is 29.8 Å². The van der Waals surface area contributed by atoms with Crippen LogP contribution < -0.4 is 21.5 Å². The number of piperazine rings is 1. The fourth-order valence-electron chi connectivity index (χ4n) is 3.71. The normalized spacial score (nSPS) is 14.8. The van der Waals surface area contributed by atoms with Gasteiger partial charge in [0.05, 0.1) is 22.8 Å². The van der Waals surface area contributed by atoms with E-state index in [0.29, 0.717) is 16.6 Å². The molecule has 0 spiro atoms. The molecule has 9 nitrogen and oxygen atoms in total. The van der Waals surface area contributed by atoms with E-state index in [1.807, 2.05) is 18.2 Å². The molecule has 1 saturated heterocycles. The summed E-state index contributed by atoms with van der Waals surface area (Å²) in [6.45, 7) is 4.21. The van der Waals surface area contributed by atoms with Gasteiger partial charge < -0.3 is 15.2 Å². The molecule has 0 aliphatic carbocycles. The Labute approximate surface area is 173 Å². The zero-order valence-electron chi connectivity index (χ0n) is 17.0. The van der Waals surface area contributed by atoms with Crippen LogP contribution in [0, 0.1) is 0 Å². The first-order valence-corrected chi connectivity index (χ1v) is 9.83. The highest BCUT2D eigenvalue weighted by molar-refractivity contribution is 5.92. The van der Waals surface area contributed by atoms with E-state index in [0.717, 1.165) is 48.5 Å². The van der Waals surface area contributed by atoms with Crippen LogP contribution in [0.5, 0.6) is 0 Å².